The van der Waals surface area contributed by atoms with Crippen LogP contribution in [0.2, 0.25) is 0 Å². The molecule has 0 spiro atoms. The Balaban J connectivity index is 1.98. The number of aromatic hydroxyl groups is 1. The molecule has 1 saturated carbocycles. The largest absolute Gasteiger partial charge is 0.506 e. The van der Waals surface area contributed by atoms with E-state index in [1.54, 1.807) is 10.8 Å². The van der Waals surface area contributed by atoms with Crippen LogP contribution in [0.15, 0.2) is 15.6 Å². The molecule has 3 N–H and O–H groups in total. The number of hydrogen-bond acceptors (Lipinski definition) is 4. The second kappa shape index (κ2) is 4.13. The summed E-state index contributed by atoms with van der Waals surface area (Å²) in [4.78, 5) is 26.3. The van der Waals surface area contributed by atoms with Crippen LogP contribution in [0, 0.1) is 5.92 Å². The molecule has 3 rings (SSSR count). The Morgan fingerprint density at radius 2 is 2.28 bits per heavy atom. The second-order valence-corrected chi connectivity index (χ2v) is 5.27. The van der Waals surface area contributed by atoms with E-state index in [0.717, 1.165) is 12.8 Å². The van der Waals surface area contributed by atoms with Crippen LogP contribution < -0.4 is 10.9 Å². The van der Waals surface area contributed by atoms with Crippen molar-refractivity contribution in [3.05, 3.63) is 26.7 Å². The molecule has 0 saturated heterocycles. The van der Waals surface area contributed by atoms with Crippen molar-refractivity contribution in [3.63, 3.8) is 0 Å². The molecule has 18 heavy (non-hydrogen) atoms. The van der Waals surface area contributed by atoms with Crippen LogP contribution in [0.5, 0.6) is 5.75 Å². The Morgan fingerprint density at radius 1 is 1.50 bits per heavy atom. The van der Waals surface area contributed by atoms with E-state index in [0.29, 0.717) is 23.4 Å². The van der Waals surface area contributed by atoms with Crippen molar-refractivity contribution in [2.24, 2.45) is 5.92 Å². The molecule has 2 heterocycles. The molecule has 0 atom stereocenters. The first-order chi connectivity index (χ1) is 8.66. The number of fused-ring (bicyclic) bond motifs is 1. The molecule has 1 amide bonds. The number of thiophene rings is 1. The van der Waals surface area contributed by atoms with Gasteiger partial charge >= 0.3 is 0 Å². The average molecular weight is 264 g/mol. The third kappa shape index (κ3) is 1.88. The first kappa shape index (κ1) is 11.3. The van der Waals surface area contributed by atoms with Gasteiger partial charge in [-0.25, -0.2) is 0 Å². The Hall–Kier alpha value is -1.82. The maximum Gasteiger partial charge on any atom is 0.265 e. The minimum atomic E-state index is -0.549. The van der Waals surface area contributed by atoms with E-state index in [-0.39, 0.29) is 11.3 Å². The highest BCUT2D eigenvalue weighted by molar-refractivity contribution is 7.09. The third-order valence-corrected chi connectivity index (χ3v) is 3.85. The minimum absolute atomic E-state index is 0.193. The fourth-order valence-corrected chi connectivity index (χ4v) is 2.63. The van der Waals surface area contributed by atoms with Crippen molar-refractivity contribution < 1.29 is 9.90 Å². The molecular formula is C12H12N2O3S. The Morgan fingerprint density at radius 3 is 3.00 bits per heavy atom. The average Bonchev–Trinajstić information content (AvgIpc) is 3.04. The first-order valence-electron chi connectivity index (χ1n) is 5.76. The monoisotopic (exact) mass is 264 g/mol. The van der Waals surface area contributed by atoms with Crippen molar-refractivity contribution in [1.29, 1.82) is 0 Å². The molecule has 0 unspecified atom stereocenters. The summed E-state index contributed by atoms with van der Waals surface area (Å²) in [5.74, 6) is -0.211. The van der Waals surface area contributed by atoms with Crippen molar-refractivity contribution >= 4 is 28.1 Å². The van der Waals surface area contributed by atoms with Gasteiger partial charge < -0.3 is 15.4 Å². The number of hydrogen-bond donors (Lipinski definition) is 3. The fourth-order valence-electron chi connectivity index (χ4n) is 1.86. The van der Waals surface area contributed by atoms with E-state index in [1.165, 1.54) is 11.3 Å². The van der Waals surface area contributed by atoms with E-state index in [1.807, 2.05) is 0 Å². The Kier molecular flexibility index (Phi) is 2.59. The van der Waals surface area contributed by atoms with Crippen LogP contribution in [-0.2, 0) is 0 Å². The standard InChI is InChI=1S/C12H12N2O3S/c15-10-7-4-18-5-8(7)14-12(17)9(10)11(16)13-3-6-1-2-6/h4-6,15H,1-3H2,(H,13,16)(H,14,17). The molecule has 1 aliphatic carbocycles. The van der Waals surface area contributed by atoms with Gasteiger partial charge in [-0.3, -0.25) is 9.59 Å². The van der Waals surface area contributed by atoms with Gasteiger partial charge in [0.15, 0.2) is 0 Å². The summed E-state index contributed by atoms with van der Waals surface area (Å²) in [6, 6.07) is 0. The van der Waals surface area contributed by atoms with Gasteiger partial charge in [0.25, 0.3) is 11.5 Å². The van der Waals surface area contributed by atoms with Gasteiger partial charge in [0, 0.05) is 17.3 Å². The van der Waals surface area contributed by atoms with Gasteiger partial charge in [0.05, 0.1) is 10.9 Å². The molecule has 0 radical (unpaired) electrons. The zero-order valence-corrected chi connectivity index (χ0v) is 10.3. The van der Waals surface area contributed by atoms with E-state index >= 15 is 0 Å². The predicted octanol–water partition coefficient (Wildman–Crippen LogP) is 1.43. The topological polar surface area (TPSA) is 82.2 Å². The van der Waals surface area contributed by atoms with Crippen LogP contribution in [0.4, 0.5) is 0 Å². The number of aromatic nitrogens is 1. The minimum Gasteiger partial charge on any atom is -0.506 e. The van der Waals surface area contributed by atoms with Gasteiger partial charge in [-0.15, -0.1) is 11.3 Å². The predicted molar refractivity (Wildman–Crippen MR) is 69.2 cm³/mol. The molecule has 94 valence electrons. The van der Waals surface area contributed by atoms with Gasteiger partial charge in [-0.2, -0.15) is 0 Å². The van der Waals surface area contributed by atoms with Gasteiger partial charge in [0.1, 0.15) is 11.3 Å². The lowest BCUT2D eigenvalue weighted by Gasteiger charge is -2.06. The zero-order chi connectivity index (χ0) is 12.7. The number of H-pyrrole nitrogens is 1. The molecule has 2 aromatic rings. The maximum atomic E-state index is 11.9. The van der Waals surface area contributed by atoms with E-state index in [2.05, 4.69) is 10.3 Å². The molecule has 0 bridgehead atoms. The zero-order valence-electron chi connectivity index (χ0n) is 9.53. The van der Waals surface area contributed by atoms with Crippen molar-refractivity contribution in [3.8, 4) is 5.75 Å². The summed E-state index contributed by atoms with van der Waals surface area (Å²) in [5, 5.41) is 16.6. The summed E-state index contributed by atoms with van der Waals surface area (Å²) < 4.78 is 0. The van der Waals surface area contributed by atoms with Gasteiger partial charge in [-0.05, 0) is 18.8 Å². The van der Waals surface area contributed by atoms with E-state index < -0.39 is 11.5 Å². The Labute approximate surface area is 106 Å². The summed E-state index contributed by atoms with van der Waals surface area (Å²) in [6.07, 6.45) is 2.23. The third-order valence-electron chi connectivity index (χ3n) is 3.10. The van der Waals surface area contributed by atoms with Crippen molar-refractivity contribution in [2.45, 2.75) is 12.8 Å². The first-order valence-corrected chi connectivity index (χ1v) is 6.70. The van der Waals surface area contributed by atoms with Crippen LogP contribution >= 0.6 is 11.3 Å². The molecule has 2 aromatic heterocycles. The second-order valence-electron chi connectivity index (χ2n) is 4.53. The van der Waals surface area contributed by atoms with E-state index in [4.69, 9.17) is 0 Å². The summed E-state index contributed by atoms with van der Waals surface area (Å²) in [7, 11) is 0. The number of carbonyl (C=O) groups is 1. The van der Waals surface area contributed by atoms with Crippen LogP contribution in [0.25, 0.3) is 10.9 Å². The van der Waals surface area contributed by atoms with Crippen LogP contribution in [0.1, 0.15) is 23.2 Å². The summed E-state index contributed by atoms with van der Waals surface area (Å²) >= 11 is 1.36. The fraction of sp³-hybridized carbons (Fsp3) is 0.333. The molecule has 0 aliphatic heterocycles. The molecule has 1 fully saturated rings. The quantitative estimate of drug-likeness (QED) is 0.784. The lowest BCUT2D eigenvalue weighted by Crippen LogP contribution is -2.31. The van der Waals surface area contributed by atoms with E-state index in [9.17, 15) is 14.7 Å². The van der Waals surface area contributed by atoms with Crippen molar-refractivity contribution in [1.82, 2.24) is 10.3 Å². The van der Waals surface area contributed by atoms with Gasteiger partial charge in [0.2, 0.25) is 0 Å². The lowest BCUT2D eigenvalue weighted by molar-refractivity contribution is 0.0948. The number of rotatable bonds is 3. The maximum absolute atomic E-state index is 11.9. The number of carbonyl (C=O) groups excluding carboxylic acids is 1. The van der Waals surface area contributed by atoms with Crippen LogP contribution in [-0.4, -0.2) is 22.5 Å². The normalized spacial score (nSPS) is 14.9. The molecule has 0 aromatic carbocycles. The summed E-state index contributed by atoms with van der Waals surface area (Å²) in [6.45, 7) is 0.569. The van der Waals surface area contributed by atoms with Gasteiger partial charge in [-0.1, -0.05) is 0 Å². The molecular weight excluding hydrogens is 252 g/mol. The number of pyridine rings is 1. The summed E-state index contributed by atoms with van der Waals surface area (Å²) in [5.41, 5.74) is -0.186. The number of amides is 1. The Bertz CT molecular complexity index is 670. The number of nitrogens with one attached hydrogen (secondary N) is 2. The highest BCUT2D eigenvalue weighted by atomic mass is 32.1. The van der Waals surface area contributed by atoms with Crippen LogP contribution in [0.3, 0.4) is 0 Å². The highest BCUT2D eigenvalue weighted by Crippen LogP contribution is 2.29. The SMILES string of the molecule is O=C(NCC1CC1)c1c(O)c2cscc2[nH]c1=O. The molecule has 5 nitrogen and oxygen atoms in total. The molecule has 1 aliphatic rings. The smallest absolute Gasteiger partial charge is 0.265 e. The number of aromatic amines is 1. The highest BCUT2D eigenvalue weighted by Gasteiger charge is 2.24. The van der Waals surface area contributed by atoms with Crippen molar-refractivity contribution in [2.75, 3.05) is 6.54 Å². The molecule has 6 heteroatoms. The lowest BCUT2D eigenvalue weighted by atomic mass is 10.2.